The van der Waals surface area contributed by atoms with E-state index in [0.717, 1.165) is 62.6 Å². The number of aromatic amines is 1. The van der Waals surface area contributed by atoms with E-state index >= 15 is 0 Å². The predicted octanol–water partition coefficient (Wildman–Crippen LogP) is 3.33. The number of ether oxygens (including phenoxy) is 2. The van der Waals surface area contributed by atoms with E-state index in [4.69, 9.17) is 10.5 Å². The number of para-hydroxylation sites is 1. The fourth-order valence-electron chi connectivity index (χ4n) is 5.69. The molecule has 1 atom stereocenters. The van der Waals surface area contributed by atoms with Gasteiger partial charge in [0, 0.05) is 37.5 Å². The summed E-state index contributed by atoms with van der Waals surface area (Å²) < 4.78 is 12.3. The quantitative estimate of drug-likeness (QED) is 0.267. The second kappa shape index (κ2) is 12.0. The van der Waals surface area contributed by atoms with E-state index < -0.39 is 0 Å². The van der Waals surface area contributed by atoms with Crippen LogP contribution in [0.5, 0.6) is 11.5 Å². The molecular weight excluding hydrogens is 520 g/mol. The molecule has 2 aliphatic heterocycles. The molecule has 212 valence electrons. The summed E-state index contributed by atoms with van der Waals surface area (Å²) in [5, 5.41) is 7.21. The lowest BCUT2D eigenvalue weighted by Gasteiger charge is -2.33. The first-order chi connectivity index (χ1) is 20.1. The maximum absolute atomic E-state index is 13.1. The van der Waals surface area contributed by atoms with Gasteiger partial charge in [-0.3, -0.25) is 14.5 Å². The predicted molar refractivity (Wildman–Crippen MR) is 159 cm³/mol. The molecule has 0 spiro atoms. The van der Waals surface area contributed by atoms with E-state index in [1.165, 1.54) is 0 Å². The van der Waals surface area contributed by atoms with Crippen LogP contribution < -0.4 is 16.0 Å². The number of fused-ring (bicyclic) bond motifs is 1. The molecule has 0 bridgehead atoms. The smallest absolute Gasteiger partial charge is 0.288 e. The van der Waals surface area contributed by atoms with Gasteiger partial charge in [-0.1, -0.05) is 36.4 Å². The van der Waals surface area contributed by atoms with Gasteiger partial charge in [-0.15, -0.1) is 0 Å². The van der Waals surface area contributed by atoms with Crippen LogP contribution in [0.4, 0.5) is 5.82 Å². The second-order valence-electron chi connectivity index (χ2n) is 10.5. The number of piperidine rings is 1. The standard InChI is InChI=1S/C31H34N6O4/c32-30-28-26(22-10-12-25(13-11-22)41-24-7-2-1-3-8-24)21-37(29(28)31(39)34-33-30)23-6-4-15-36(20-23)27(38)9-5-14-35-16-18-40-19-17-35/h1-3,5,7-13,21,23H,4,6,14-20H2,(H2,32,33)(H,34,39)/p+1/b9-5+/t23-/m1/s1. The molecule has 1 amide bonds. The lowest BCUT2D eigenvalue weighted by Crippen LogP contribution is -2.40. The van der Waals surface area contributed by atoms with Crippen molar-refractivity contribution in [1.82, 2.24) is 24.6 Å². The van der Waals surface area contributed by atoms with Crippen molar-refractivity contribution in [2.24, 2.45) is 0 Å². The zero-order chi connectivity index (χ0) is 28.2. The maximum atomic E-state index is 13.1. The van der Waals surface area contributed by atoms with Crippen molar-refractivity contribution in [2.75, 3.05) is 51.7 Å². The average molecular weight is 556 g/mol. The van der Waals surface area contributed by atoms with Crippen LogP contribution in [-0.4, -0.2) is 81.1 Å². The Morgan fingerprint density at radius 2 is 1.83 bits per heavy atom. The summed E-state index contributed by atoms with van der Waals surface area (Å²) in [6.45, 7) is 5.53. The number of hydrogen-bond acceptors (Lipinski definition) is 6. The minimum Gasteiger partial charge on any atom is -0.457 e. The second-order valence-corrected chi connectivity index (χ2v) is 10.5. The fraction of sp³-hybridized carbons (Fsp3) is 0.323. The number of anilines is 1. The van der Waals surface area contributed by atoms with Gasteiger partial charge in [0.15, 0.2) is 19.0 Å². The first-order valence-corrected chi connectivity index (χ1v) is 14.1. The monoisotopic (exact) mass is 555 g/mol. The van der Waals surface area contributed by atoms with Crippen LogP contribution in [0.3, 0.4) is 0 Å². The third kappa shape index (κ3) is 5.89. The maximum Gasteiger partial charge on any atom is 0.288 e. The van der Waals surface area contributed by atoms with Gasteiger partial charge >= 0.3 is 0 Å². The lowest BCUT2D eigenvalue weighted by molar-refractivity contribution is -0.127. The zero-order valence-corrected chi connectivity index (χ0v) is 22.9. The summed E-state index contributed by atoms with van der Waals surface area (Å²) in [5.74, 6) is 1.72. The van der Waals surface area contributed by atoms with Gasteiger partial charge in [-0.05, 0) is 42.7 Å². The molecule has 0 unspecified atom stereocenters. The number of aliphatic hydroxyl groups is 2. The van der Waals surface area contributed by atoms with Crippen LogP contribution in [0.2, 0.25) is 0 Å². The number of carbonyl (C=O) groups excluding carboxylic acids is 1. The molecule has 4 N–H and O–H groups in total. The number of hydrogen-bond donors (Lipinski definition) is 2. The highest BCUT2D eigenvalue weighted by Crippen LogP contribution is 2.36. The number of nitrogens with one attached hydrogen (secondary N) is 1. The molecule has 10 heteroatoms. The van der Waals surface area contributed by atoms with E-state index in [0.29, 0.717) is 29.7 Å². The molecular formula is C31H35N6O4+. The van der Waals surface area contributed by atoms with Gasteiger partial charge in [-0.25, -0.2) is 5.10 Å². The van der Waals surface area contributed by atoms with Crippen molar-refractivity contribution in [3.8, 4) is 22.6 Å². The van der Waals surface area contributed by atoms with Gasteiger partial charge in [0.05, 0.1) is 24.5 Å². The van der Waals surface area contributed by atoms with Gasteiger partial charge < -0.3 is 24.7 Å². The molecule has 2 aliphatic rings. The van der Waals surface area contributed by atoms with Crippen molar-refractivity contribution >= 4 is 22.6 Å². The van der Waals surface area contributed by atoms with Gasteiger partial charge in [0.25, 0.3) is 5.56 Å². The Morgan fingerprint density at radius 1 is 1.07 bits per heavy atom. The number of nitrogens with two attached hydrogens (primary N) is 1. The number of rotatable bonds is 7. The molecule has 0 radical (unpaired) electrons. The molecule has 6 rings (SSSR count). The van der Waals surface area contributed by atoms with Gasteiger partial charge in [-0.2, -0.15) is 5.10 Å². The largest absolute Gasteiger partial charge is 0.457 e. The molecule has 41 heavy (non-hydrogen) atoms. The number of amides is 1. The Balaban J connectivity index is 1.24. The Bertz CT molecular complexity index is 1590. The summed E-state index contributed by atoms with van der Waals surface area (Å²) >= 11 is 0. The van der Waals surface area contributed by atoms with Crippen LogP contribution in [0.15, 0.2) is 77.7 Å². The zero-order valence-electron chi connectivity index (χ0n) is 22.9. The molecule has 2 aromatic carbocycles. The van der Waals surface area contributed by atoms with Crippen molar-refractivity contribution in [3.05, 3.63) is 83.3 Å². The third-order valence-electron chi connectivity index (χ3n) is 7.80. The normalized spacial score (nSPS) is 18.2. The summed E-state index contributed by atoms with van der Waals surface area (Å²) in [6.07, 6.45) is 7.29. The highest BCUT2D eigenvalue weighted by molar-refractivity contribution is 6.02. The van der Waals surface area contributed by atoms with Crippen molar-refractivity contribution < 1.29 is 14.3 Å². The number of benzene rings is 2. The Labute approximate surface area is 238 Å². The van der Waals surface area contributed by atoms with E-state index in [1.54, 1.807) is 6.08 Å². The van der Waals surface area contributed by atoms with Crippen molar-refractivity contribution in [2.45, 2.75) is 18.9 Å². The Hall–Kier alpha value is -4.41. The summed E-state index contributed by atoms with van der Waals surface area (Å²) in [5.41, 5.74) is 8.21. The molecule has 4 heterocycles. The van der Waals surface area contributed by atoms with Gasteiger partial charge in [0.2, 0.25) is 5.91 Å². The number of nitrogens with zero attached hydrogens (tertiary/aromatic N) is 4. The molecule has 0 saturated carbocycles. The summed E-state index contributed by atoms with van der Waals surface area (Å²) in [4.78, 5) is 30.3. The number of likely N-dealkylation sites (tertiary alicyclic amines) is 1. The molecule has 0 aliphatic carbocycles. The minimum absolute atomic E-state index is 0.00261. The van der Waals surface area contributed by atoms with Gasteiger partial charge in [0.1, 0.15) is 17.0 Å². The summed E-state index contributed by atoms with van der Waals surface area (Å²) in [6, 6.07) is 17.2. The van der Waals surface area contributed by atoms with E-state index in [1.807, 2.05) is 76.3 Å². The van der Waals surface area contributed by atoms with Crippen LogP contribution in [0.1, 0.15) is 18.9 Å². The highest BCUT2D eigenvalue weighted by atomic mass is 16.5. The Morgan fingerprint density at radius 3 is 2.61 bits per heavy atom. The van der Waals surface area contributed by atoms with E-state index in [2.05, 4.69) is 19.8 Å². The fourth-order valence-corrected chi connectivity index (χ4v) is 5.69. The molecule has 2 aromatic heterocycles. The highest BCUT2D eigenvalue weighted by Gasteiger charge is 2.27. The first-order valence-electron chi connectivity index (χ1n) is 14.1. The topological polar surface area (TPSA) is 122 Å². The van der Waals surface area contributed by atoms with Crippen LogP contribution in [-0.2, 0) is 4.79 Å². The van der Waals surface area contributed by atoms with Crippen LogP contribution >= 0.6 is 0 Å². The van der Waals surface area contributed by atoms with E-state index in [9.17, 15) is 9.59 Å². The van der Waals surface area contributed by atoms with Crippen molar-refractivity contribution in [1.29, 1.82) is 0 Å². The van der Waals surface area contributed by atoms with E-state index in [-0.39, 0.29) is 23.3 Å². The number of aromatic nitrogens is 3. The van der Waals surface area contributed by atoms with Crippen LogP contribution in [0.25, 0.3) is 22.0 Å². The molecule has 4 aromatic rings. The molecule has 2 fully saturated rings. The summed E-state index contributed by atoms with van der Waals surface area (Å²) in [7, 11) is 0. The number of nitrogen functional groups attached to an aromatic ring is 1. The lowest BCUT2D eigenvalue weighted by atomic mass is 10.1. The minimum atomic E-state index is -0.305. The van der Waals surface area contributed by atoms with Crippen molar-refractivity contribution in [3.63, 3.8) is 0 Å². The SMILES string of the molecule is Nc1n[nH]c(=O)c2c1c(-c1ccc(Oc3ccccc3)cc1)cn2[C@@H]1CCCN(C(=O)/C=C/CN2CC[OH+]CC2)C1. The average Bonchev–Trinajstić information content (AvgIpc) is 3.43. The molecule has 2 saturated heterocycles. The molecule has 10 nitrogen and oxygen atoms in total. The van der Waals surface area contributed by atoms with Crippen LogP contribution in [0, 0.1) is 0 Å². The number of morpholine rings is 1. The first kappa shape index (κ1) is 26.8. The number of carbonyl (C=O) groups is 1. The Kier molecular flexibility index (Phi) is 7.84. The number of H-pyrrole nitrogens is 1. The third-order valence-corrected chi connectivity index (χ3v) is 7.80.